The van der Waals surface area contributed by atoms with Gasteiger partial charge in [-0.25, -0.2) is 0 Å². The molecular formula is C12H16N2O. The van der Waals surface area contributed by atoms with Gasteiger partial charge in [0.1, 0.15) is 0 Å². The van der Waals surface area contributed by atoms with Gasteiger partial charge in [-0.1, -0.05) is 0 Å². The van der Waals surface area contributed by atoms with E-state index in [9.17, 15) is 0 Å². The van der Waals surface area contributed by atoms with E-state index in [0.29, 0.717) is 0 Å². The number of ether oxygens (including phenoxy) is 1. The molecule has 0 aromatic heterocycles. The molecule has 0 radical (unpaired) electrons. The van der Waals surface area contributed by atoms with Crippen LogP contribution in [-0.2, 0) is 4.74 Å². The zero-order valence-electron chi connectivity index (χ0n) is 9.23. The molecule has 1 aliphatic heterocycles. The first-order chi connectivity index (χ1) is 7.27. The van der Waals surface area contributed by atoms with E-state index in [0.717, 1.165) is 31.0 Å². The molecule has 1 aliphatic rings. The van der Waals surface area contributed by atoms with Gasteiger partial charge in [-0.3, -0.25) is 4.99 Å². The van der Waals surface area contributed by atoms with Gasteiger partial charge in [-0.2, -0.15) is 0 Å². The fraction of sp³-hybridized carbons (Fsp3) is 0.417. The Hall–Kier alpha value is -1.51. The van der Waals surface area contributed by atoms with Crippen molar-refractivity contribution in [2.24, 2.45) is 4.99 Å². The van der Waals surface area contributed by atoms with Crippen molar-refractivity contribution in [2.75, 3.05) is 32.1 Å². The lowest BCUT2D eigenvalue weighted by molar-refractivity contribution is 0.284. The molecule has 15 heavy (non-hydrogen) atoms. The SMILES string of the molecule is CN(C)c1ccc(C2=NCCCO2)cc1. The van der Waals surface area contributed by atoms with Crippen LogP contribution in [0.4, 0.5) is 5.69 Å². The topological polar surface area (TPSA) is 24.8 Å². The van der Waals surface area contributed by atoms with Crippen molar-refractivity contribution in [2.45, 2.75) is 6.42 Å². The number of hydrogen-bond donors (Lipinski definition) is 0. The molecule has 1 heterocycles. The Bertz CT molecular complexity index is 354. The number of anilines is 1. The Morgan fingerprint density at radius 2 is 1.93 bits per heavy atom. The highest BCUT2D eigenvalue weighted by atomic mass is 16.5. The molecule has 0 N–H and O–H groups in total. The molecular weight excluding hydrogens is 188 g/mol. The van der Waals surface area contributed by atoms with Gasteiger partial charge in [0.2, 0.25) is 5.90 Å². The van der Waals surface area contributed by atoms with Crippen molar-refractivity contribution in [3.63, 3.8) is 0 Å². The van der Waals surface area contributed by atoms with Crippen LogP contribution in [0.15, 0.2) is 29.3 Å². The number of aliphatic imine (C=N–C) groups is 1. The summed E-state index contributed by atoms with van der Waals surface area (Å²) in [6.07, 6.45) is 1.03. The monoisotopic (exact) mass is 204 g/mol. The van der Waals surface area contributed by atoms with Gasteiger partial charge in [-0.15, -0.1) is 0 Å². The third-order valence-corrected chi connectivity index (χ3v) is 2.43. The van der Waals surface area contributed by atoms with E-state index in [-0.39, 0.29) is 0 Å². The van der Waals surface area contributed by atoms with Gasteiger partial charge in [-0.05, 0) is 24.3 Å². The van der Waals surface area contributed by atoms with Crippen LogP contribution in [0.3, 0.4) is 0 Å². The molecule has 0 saturated carbocycles. The lowest BCUT2D eigenvalue weighted by atomic mass is 10.2. The number of rotatable bonds is 2. The summed E-state index contributed by atoms with van der Waals surface area (Å²) in [6.45, 7) is 1.67. The van der Waals surface area contributed by atoms with Crippen LogP contribution in [0.5, 0.6) is 0 Å². The van der Waals surface area contributed by atoms with Crippen LogP contribution in [0.1, 0.15) is 12.0 Å². The standard InChI is InChI=1S/C12H16N2O/c1-14(2)11-6-4-10(5-7-11)12-13-8-3-9-15-12/h4-7H,3,8-9H2,1-2H3. The van der Waals surface area contributed by atoms with E-state index < -0.39 is 0 Å². The fourth-order valence-electron chi connectivity index (χ4n) is 1.54. The average molecular weight is 204 g/mol. The molecule has 0 saturated heterocycles. The second-order valence-electron chi connectivity index (χ2n) is 3.83. The average Bonchev–Trinajstić information content (AvgIpc) is 2.30. The number of benzene rings is 1. The molecule has 3 heteroatoms. The van der Waals surface area contributed by atoms with Crippen LogP contribution >= 0.6 is 0 Å². The summed E-state index contributed by atoms with van der Waals surface area (Å²) in [5, 5.41) is 0. The van der Waals surface area contributed by atoms with Gasteiger partial charge in [0.05, 0.1) is 6.61 Å². The maximum absolute atomic E-state index is 5.50. The molecule has 0 unspecified atom stereocenters. The third-order valence-electron chi connectivity index (χ3n) is 2.43. The highest BCUT2D eigenvalue weighted by Crippen LogP contribution is 2.14. The van der Waals surface area contributed by atoms with E-state index in [1.54, 1.807) is 0 Å². The van der Waals surface area contributed by atoms with Gasteiger partial charge in [0.15, 0.2) is 0 Å². The molecule has 1 aromatic carbocycles. The Balaban J connectivity index is 2.19. The number of nitrogens with zero attached hydrogens (tertiary/aromatic N) is 2. The summed E-state index contributed by atoms with van der Waals surface area (Å²) in [5.74, 6) is 0.784. The van der Waals surface area contributed by atoms with Crippen LogP contribution in [0, 0.1) is 0 Å². The molecule has 3 nitrogen and oxygen atoms in total. The van der Waals surface area contributed by atoms with E-state index in [1.807, 2.05) is 14.1 Å². The summed E-state index contributed by atoms with van der Waals surface area (Å²) < 4.78 is 5.50. The fourth-order valence-corrected chi connectivity index (χ4v) is 1.54. The van der Waals surface area contributed by atoms with Crippen molar-refractivity contribution in [3.05, 3.63) is 29.8 Å². The zero-order valence-corrected chi connectivity index (χ0v) is 9.23. The Morgan fingerprint density at radius 3 is 2.47 bits per heavy atom. The predicted octanol–water partition coefficient (Wildman–Crippen LogP) is 1.92. The summed E-state index contributed by atoms with van der Waals surface area (Å²) in [7, 11) is 4.06. The van der Waals surface area contributed by atoms with Crippen LogP contribution in [-0.4, -0.2) is 33.1 Å². The summed E-state index contributed by atoms with van der Waals surface area (Å²) in [6, 6.07) is 8.27. The van der Waals surface area contributed by atoms with E-state index in [1.165, 1.54) is 5.69 Å². The largest absolute Gasteiger partial charge is 0.477 e. The lowest BCUT2D eigenvalue weighted by Crippen LogP contribution is -2.15. The second kappa shape index (κ2) is 4.34. The second-order valence-corrected chi connectivity index (χ2v) is 3.83. The first-order valence-electron chi connectivity index (χ1n) is 5.22. The molecule has 0 spiro atoms. The Morgan fingerprint density at radius 1 is 1.20 bits per heavy atom. The summed E-state index contributed by atoms with van der Waals surface area (Å²) in [4.78, 5) is 6.43. The van der Waals surface area contributed by atoms with Crippen molar-refractivity contribution < 1.29 is 4.74 Å². The van der Waals surface area contributed by atoms with Crippen LogP contribution in [0.2, 0.25) is 0 Å². The summed E-state index contributed by atoms with van der Waals surface area (Å²) >= 11 is 0. The first-order valence-corrected chi connectivity index (χ1v) is 5.22. The zero-order chi connectivity index (χ0) is 10.7. The van der Waals surface area contributed by atoms with E-state index in [4.69, 9.17) is 4.74 Å². The van der Waals surface area contributed by atoms with Crippen LogP contribution < -0.4 is 4.90 Å². The van der Waals surface area contributed by atoms with Crippen molar-refractivity contribution in [1.82, 2.24) is 0 Å². The highest BCUT2D eigenvalue weighted by Gasteiger charge is 2.08. The number of hydrogen-bond acceptors (Lipinski definition) is 3. The first kappa shape index (κ1) is 10.0. The molecule has 0 bridgehead atoms. The Labute approximate surface area is 90.4 Å². The molecule has 0 fully saturated rings. The third kappa shape index (κ3) is 2.29. The molecule has 80 valence electrons. The molecule has 0 atom stereocenters. The minimum Gasteiger partial charge on any atom is -0.477 e. The van der Waals surface area contributed by atoms with Gasteiger partial charge < -0.3 is 9.64 Å². The maximum Gasteiger partial charge on any atom is 0.216 e. The Kier molecular flexibility index (Phi) is 2.90. The minimum atomic E-state index is 0.784. The predicted molar refractivity (Wildman–Crippen MR) is 62.7 cm³/mol. The smallest absolute Gasteiger partial charge is 0.216 e. The van der Waals surface area contributed by atoms with E-state index >= 15 is 0 Å². The minimum absolute atomic E-state index is 0.784. The highest BCUT2D eigenvalue weighted by molar-refractivity contribution is 5.94. The van der Waals surface area contributed by atoms with Gasteiger partial charge in [0.25, 0.3) is 0 Å². The summed E-state index contributed by atoms with van der Waals surface area (Å²) in [5.41, 5.74) is 2.26. The molecule has 0 aliphatic carbocycles. The van der Waals surface area contributed by atoms with Crippen molar-refractivity contribution in [3.8, 4) is 0 Å². The lowest BCUT2D eigenvalue weighted by Gasteiger charge is -2.16. The molecule has 1 aromatic rings. The molecule has 2 rings (SSSR count). The van der Waals surface area contributed by atoms with Crippen molar-refractivity contribution >= 4 is 11.6 Å². The maximum atomic E-state index is 5.50. The molecule has 0 amide bonds. The van der Waals surface area contributed by atoms with Crippen LogP contribution in [0.25, 0.3) is 0 Å². The van der Waals surface area contributed by atoms with Crippen molar-refractivity contribution in [1.29, 1.82) is 0 Å². The van der Waals surface area contributed by atoms with Gasteiger partial charge >= 0.3 is 0 Å². The van der Waals surface area contributed by atoms with Gasteiger partial charge in [0, 0.05) is 38.3 Å². The normalized spacial score (nSPS) is 15.5. The quantitative estimate of drug-likeness (QED) is 0.735. The van der Waals surface area contributed by atoms with E-state index in [2.05, 4.69) is 34.2 Å².